The lowest BCUT2D eigenvalue weighted by atomic mass is 9.78. The van der Waals surface area contributed by atoms with Gasteiger partial charge in [0, 0.05) is 0 Å². The summed E-state index contributed by atoms with van der Waals surface area (Å²) in [6.07, 6.45) is 1.74. The molecule has 84 valence electrons. The highest BCUT2D eigenvalue weighted by Gasteiger charge is 2.35. The molecule has 1 rings (SSSR count). The van der Waals surface area contributed by atoms with Crippen LogP contribution in [-0.2, 0) is 14.3 Å². The van der Waals surface area contributed by atoms with Crippen molar-refractivity contribution >= 4 is 11.9 Å². The van der Waals surface area contributed by atoms with Crippen molar-refractivity contribution in [2.45, 2.75) is 40.0 Å². The Morgan fingerprint density at radius 3 is 2.53 bits per heavy atom. The SMILES string of the molecule is C=C(CC1CC(=O)OC1=O)C(C)(C)CC. The first-order chi connectivity index (χ1) is 6.86. The van der Waals surface area contributed by atoms with Crippen molar-refractivity contribution in [3.05, 3.63) is 12.2 Å². The molecule has 0 bridgehead atoms. The lowest BCUT2D eigenvalue weighted by Crippen LogP contribution is -2.17. The van der Waals surface area contributed by atoms with Gasteiger partial charge in [0.2, 0.25) is 0 Å². The van der Waals surface area contributed by atoms with E-state index in [0.717, 1.165) is 12.0 Å². The van der Waals surface area contributed by atoms with Gasteiger partial charge in [-0.05, 0) is 18.3 Å². The fraction of sp³-hybridized carbons (Fsp3) is 0.667. The molecule has 0 aromatic heterocycles. The molecule has 0 N–H and O–H groups in total. The highest BCUT2D eigenvalue weighted by Crippen LogP contribution is 2.35. The first-order valence-corrected chi connectivity index (χ1v) is 5.29. The molecule has 1 unspecified atom stereocenters. The van der Waals surface area contributed by atoms with E-state index in [0.29, 0.717) is 6.42 Å². The minimum Gasteiger partial charge on any atom is -0.393 e. The van der Waals surface area contributed by atoms with Crippen molar-refractivity contribution in [2.24, 2.45) is 11.3 Å². The number of carbonyl (C=O) groups excluding carboxylic acids is 2. The molecular weight excluding hydrogens is 192 g/mol. The molecule has 0 amide bonds. The van der Waals surface area contributed by atoms with Crippen molar-refractivity contribution in [2.75, 3.05) is 0 Å². The first-order valence-electron chi connectivity index (χ1n) is 5.29. The van der Waals surface area contributed by atoms with Crippen LogP contribution >= 0.6 is 0 Å². The van der Waals surface area contributed by atoms with Gasteiger partial charge in [-0.2, -0.15) is 0 Å². The van der Waals surface area contributed by atoms with Crippen LogP contribution in [0, 0.1) is 11.3 Å². The zero-order chi connectivity index (χ0) is 11.6. The lowest BCUT2D eigenvalue weighted by molar-refractivity contribution is -0.153. The Morgan fingerprint density at radius 1 is 1.53 bits per heavy atom. The molecule has 1 saturated heterocycles. The van der Waals surface area contributed by atoms with E-state index < -0.39 is 11.9 Å². The molecular formula is C12H18O3. The van der Waals surface area contributed by atoms with Crippen LogP contribution in [0.15, 0.2) is 12.2 Å². The summed E-state index contributed by atoms with van der Waals surface area (Å²) in [6.45, 7) is 10.3. The monoisotopic (exact) mass is 210 g/mol. The van der Waals surface area contributed by atoms with Crippen LogP contribution in [0.5, 0.6) is 0 Å². The van der Waals surface area contributed by atoms with Gasteiger partial charge in [-0.3, -0.25) is 9.59 Å². The van der Waals surface area contributed by atoms with Crippen LogP contribution in [0.3, 0.4) is 0 Å². The van der Waals surface area contributed by atoms with Gasteiger partial charge in [0.05, 0.1) is 12.3 Å². The summed E-state index contributed by atoms with van der Waals surface area (Å²) in [5.41, 5.74) is 1.04. The van der Waals surface area contributed by atoms with E-state index in [-0.39, 0.29) is 17.8 Å². The van der Waals surface area contributed by atoms with Crippen molar-refractivity contribution in [3.63, 3.8) is 0 Å². The van der Waals surface area contributed by atoms with E-state index in [4.69, 9.17) is 0 Å². The van der Waals surface area contributed by atoms with Gasteiger partial charge in [0.1, 0.15) is 0 Å². The molecule has 0 radical (unpaired) electrons. The Hall–Kier alpha value is -1.12. The largest absolute Gasteiger partial charge is 0.393 e. The summed E-state index contributed by atoms with van der Waals surface area (Å²) >= 11 is 0. The predicted molar refractivity (Wildman–Crippen MR) is 57.0 cm³/mol. The van der Waals surface area contributed by atoms with E-state index in [1.807, 2.05) is 0 Å². The lowest BCUT2D eigenvalue weighted by Gasteiger charge is -2.26. The fourth-order valence-electron chi connectivity index (χ4n) is 1.50. The van der Waals surface area contributed by atoms with Gasteiger partial charge in [-0.15, -0.1) is 0 Å². The van der Waals surface area contributed by atoms with E-state index >= 15 is 0 Å². The van der Waals surface area contributed by atoms with Gasteiger partial charge >= 0.3 is 11.9 Å². The smallest absolute Gasteiger partial charge is 0.317 e. The molecule has 1 atom stereocenters. The second-order valence-electron chi connectivity index (χ2n) is 4.74. The third-order valence-electron chi connectivity index (χ3n) is 3.29. The van der Waals surface area contributed by atoms with Crippen LogP contribution < -0.4 is 0 Å². The van der Waals surface area contributed by atoms with E-state index in [1.54, 1.807) is 0 Å². The van der Waals surface area contributed by atoms with Gasteiger partial charge in [0.15, 0.2) is 0 Å². The Balaban J connectivity index is 2.60. The third kappa shape index (κ3) is 2.67. The summed E-state index contributed by atoms with van der Waals surface area (Å²) in [5.74, 6) is -1.11. The van der Waals surface area contributed by atoms with Crippen LogP contribution in [0.25, 0.3) is 0 Å². The highest BCUT2D eigenvalue weighted by molar-refractivity contribution is 5.94. The predicted octanol–water partition coefficient (Wildman–Crippen LogP) is 2.46. The molecule has 0 aromatic carbocycles. The number of cyclic esters (lactones) is 2. The molecule has 1 aliphatic rings. The number of ether oxygens (including phenoxy) is 1. The number of hydrogen-bond donors (Lipinski definition) is 0. The average Bonchev–Trinajstić information content (AvgIpc) is 2.45. The maximum Gasteiger partial charge on any atom is 0.317 e. The van der Waals surface area contributed by atoms with Gasteiger partial charge in [-0.25, -0.2) is 0 Å². The number of allylic oxidation sites excluding steroid dienone is 1. The van der Waals surface area contributed by atoms with Gasteiger partial charge in [0.25, 0.3) is 0 Å². The molecule has 0 aromatic rings. The maximum atomic E-state index is 11.3. The maximum absolute atomic E-state index is 11.3. The van der Waals surface area contributed by atoms with Crippen LogP contribution in [0.1, 0.15) is 40.0 Å². The van der Waals surface area contributed by atoms with Crippen LogP contribution in [0.4, 0.5) is 0 Å². The number of hydrogen-bond acceptors (Lipinski definition) is 3. The molecule has 3 nitrogen and oxygen atoms in total. The van der Waals surface area contributed by atoms with Crippen molar-refractivity contribution in [1.82, 2.24) is 0 Å². The summed E-state index contributed by atoms with van der Waals surface area (Å²) in [4.78, 5) is 22.1. The molecule has 0 aliphatic carbocycles. The fourth-order valence-corrected chi connectivity index (χ4v) is 1.50. The average molecular weight is 210 g/mol. The van der Waals surface area contributed by atoms with Crippen molar-refractivity contribution in [3.8, 4) is 0 Å². The standard InChI is InChI=1S/C12H18O3/c1-5-12(3,4)8(2)6-9-7-10(13)15-11(9)14/h9H,2,5-7H2,1,3-4H3. The third-order valence-corrected chi connectivity index (χ3v) is 3.29. The second kappa shape index (κ2) is 4.17. The minimum absolute atomic E-state index is 0.0198. The summed E-state index contributed by atoms with van der Waals surface area (Å²) in [6, 6.07) is 0. The van der Waals surface area contributed by atoms with Crippen molar-refractivity contribution < 1.29 is 14.3 Å². The number of esters is 2. The Morgan fingerprint density at radius 2 is 2.13 bits per heavy atom. The van der Waals surface area contributed by atoms with Crippen LogP contribution in [0.2, 0.25) is 0 Å². The van der Waals surface area contributed by atoms with Crippen molar-refractivity contribution in [1.29, 1.82) is 0 Å². The molecule has 1 aliphatic heterocycles. The zero-order valence-electron chi connectivity index (χ0n) is 9.63. The first kappa shape index (κ1) is 12.0. The molecule has 15 heavy (non-hydrogen) atoms. The second-order valence-corrected chi connectivity index (χ2v) is 4.74. The summed E-state index contributed by atoms with van der Waals surface area (Å²) < 4.78 is 4.50. The normalized spacial score (nSPS) is 21.7. The minimum atomic E-state index is -0.410. The molecule has 3 heteroatoms. The molecule has 0 spiro atoms. The Bertz CT molecular complexity index is 302. The molecule has 0 saturated carbocycles. The zero-order valence-corrected chi connectivity index (χ0v) is 9.63. The van der Waals surface area contributed by atoms with E-state index in [1.165, 1.54) is 0 Å². The molecule has 1 heterocycles. The van der Waals surface area contributed by atoms with E-state index in [9.17, 15) is 9.59 Å². The highest BCUT2D eigenvalue weighted by atomic mass is 16.6. The number of carbonyl (C=O) groups is 2. The summed E-state index contributed by atoms with van der Waals surface area (Å²) in [5, 5.41) is 0. The summed E-state index contributed by atoms with van der Waals surface area (Å²) in [7, 11) is 0. The Kier molecular flexibility index (Phi) is 3.32. The van der Waals surface area contributed by atoms with Gasteiger partial charge < -0.3 is 4.74 Å². The molecule has 1 fully saturated rings. The Labute approximate surface area is 90.5 Å². The van der Waals surface area contributed by atoms with E-state index in [2.05, 4.69) is 32.1 Å². The quantitative estimate of drug-likeness (QED) is 0.406. The number of rotatable bonds is 4. The van der Waals surface area contributed by atoms with Gasteiger partial charge in [-0.1, -0.05) is 32.9 Å². The topological polar surface area (TPSA) is 43.4 Å². The van der Waals surface area contributed by atoms with Crippen LogP contribution in [-0.4, -0.2) is 11.9 Å².